The molecule has 1 aliphatic heterocycles. The minimum atomic E-state index is -0.0242. The van der Waals surface area contributed by atoms with Gasteiger partial charge >= 0.3 is 0 Å². The minimum absolute atomic E-state index is 0.0242. The summed E-state index contributed by atoms with van der Waals surface area (Å²) in [6.45, 7) is 4.77. The molecule has 20 heavy (non-hydrogen) atoms. The number of anilines is 2. The highest BCUT2D eigenvalue weighted by atomic mass is 35.5. The molecular weight excluding hydrogens is 274 g/mol. The molecular formula is C15H22ClN3O. The second-order valence-electron chi connectivity index (χ2n) is 5.45. The van der Waals surface area contributed by atoms with E-state index in [1.807, 2.05) is 0 Å². The first kappa shape index (κ1) is 15.1. The lowest BCUT2D eigenvalue weighted by atomic mass is 10.1. The second kappa shape index (κ2) is 6.46. The number of nitrogen functional groups attached to an aromatic ring is 1. The van der Waals surface area contributed by atoms with Gasteiger partial charge in [-0.05, 0) is 44.4 Å². The van der Waals surface area contributed by atoms with Crippen LogP contribution >= 0.6 is 11.6 Å². The van der Waals surface area contributed by atoms with Gasteiger partial charge in [-0.3, -0.25) is 9.69 Å². The zero-order chi connectivity index (χ0) is 14.7. The van der Waals surface area contributed by atoms with Crippen LogP contribution in [0.2, 0.25) is 5.02 Å². The molecule has 2 unspecified atom stereocenters. The van der Waals surface area contributed by atoms with Gasteiger partial charge < -0.3 is 11.1 Å². The molecule has 1 saturated heterocycles. The van der Waals surface area contributed by atoms with Crippen LogP contribution in [0.5, 0.6) is 0 Å². The fourth-order valence-corrected chi connectivity index (χ4v) is 3.07. The summed E-state index contributed by atoms with van der Waals surface area (Å²) in [5.41, 5.74) is 6.85. The number of amides is 1. The van der Waals surface area contributed by atoms with Gasteiger partial charge in [-0.1, -0.05) is 18.5 Å². The van der Waals surface area contributed by atoms with Gasteiger partial charge in [0.2, 0.25) is 5.91 Å². The molecule has 5 heteroatoms. The number of likely N-dealkylation sites (tertiary alicyclic amines) is 1. The van der Waals surface area contributed by atoms with Crippen molar-refractivity contribution in [2.75, 3.05) is 17.6 Å². The van der Waals surface area contributed by atoms with Crippen LogP contribution in [0.1, 0.15) is 33.1 Å². The number of carbonyl (C=O) groups excluding carboxylic acids is 1. The van der Waals surface area contributed by atoms with E-state index < -0.39 is 0 Å². The van der Waals surface area contributed by atoms with E-state index in [4.69, 9.17) is 17.3 Å². The van der Waals surface area contributed by atoms with Gasteiger partial charge in [-0.25, -0.2) is 0 Å². The van der Waals surface area contributed by atoms with E-state index >= 15 is 0 Å². The van der Waals surface area contributed by atoms with E-state index in [0.717, 1.165) is 12.8 Å². The molecule has 0 aromatic heterocycles. The molecule has 0 saturated carbocycles. The SMILES string of the molecule is CCC1CCC(C)N1CC(=O)Nc1ccc(N)cc1Cl. The third kappa shape index (κ3) is 3.44. The summed E-state index contributed by atoms with van der Waals surface area (Å²) in [5, 5.41) is 3.33. The Morgan fingerprint density at radius 1 is 1.50 bits per heavy atom. The van der Waals surface area contributed by atoms with Crippen LogP contribution in [0.25, 0.3) is 0 Å². The number of nitrogens with zero attached hydrogens (tertiary/aromatic N) is 1. The van der Waals surface area contributed by atoms with Crippen molar-refractivity contribution in [1.29, 1.82) is 0 Å². The van der Waals surface area contributed by atoms with Gasteiger partial charge in [0, 0.05) is 17.8 Å². The first-order valence-electron chi connectivity index (χ1n) is 7.12. The number of benzene rings is 1. The highest BCUT2D eigenvalue weighted by Gasteiger charge is 2.30. The largest absolute Gasteiger partial charge is 0.399 e. The third-order valence-electron chi connectivity index (χ3n) is 4.02. The molecule has 1 heterocycles. The molecule has 1 amide bonds. The summed E-state index contributed by atoms with van der Waals surface area (Å²) < 4.78 is 0. The van der Waals surface area contributed by atoms with Gasteiger partial charge in [-0.15, -0.1) is 0 Å². The Labute approximate surface area is 125 Å². The lowest BCUT2D eigenvalue weighted by Crippen LogP contribution is -2.40. The fraction of sp³-hybridized carbons (Fsp3) is 0.533. The van der Waals surface area contributed by atoms with E-state index in [1.165, 1.54) is 6.42 Å². The number of carbonyl (C=O) groups is 1. The number of nitrogens with two attached hydrogens (primary N) is 1. The van der Waals surface area contributed by atoms with Crippen molar-refractivity contribution in [3.8, 4) is 0 Å². The van der Waals surface area contributed by atoms with Crippen LogP contribution in [0.3, 0.4) is 0 Å². The van der Waals surface area contributed by atoms with Gasteiger partial charge in [0.1, 0.15) is 0 Å². The van der Waals surface area contributed by atoms with Crippen LogP contribution in [0.4, 0.5) is 11.4 Å². The number of halogens is 1. The topological polar surface area (TPSA) is 58.4 Å². The summed E-state index contributed by atoms with van der Waals surface area (Å²) in [6.07, 6.45) is 3.42. The Morgan fingerprint density at radius 3 is 2.90 bits per heavy atom. The van der Waals surface area contributed by atoms with E-state index in [1.54, 1.807) is 18.2 Å². The summed E-state index contributed by atoms with van der Waals surface area (Å²) in [7, 11) is 0. The lowest BCUT2D eigenvalue weighted by molar-refractivity contribution is -0.118. The Kier molecular flexibility index (Phi) is 4.89. The Bertz CT molecular complexity index is 492. The molecule has 0 bridgehead atoms. The van der Waals surface area contributed by atoms with Crippen molar-refractivity contribution in [1.82, 2.24) is 4.90 Å². The molecule has 4 nitrogen and oxygen atoms in total. The van der Waals surface area contributed by atoms with Crippen molar-refractivity contribution in [2.24, 2.45) is 0 Å². The van der Waals surface area contributed by atoms with Crippen LogP contribution in [0.15, 0.2) is 18.2 Å². The van der Waals surface area contributed by atoms with Crippen LogP contribution in [-0.2, 0) is 4.79 Å². The highest BCUT2D eigenvalue weighted by Crippen LogP contribution is 2.27. The zero-order valence-corrected chi connectivity index (χ0v) is 12.8. The molecule has 1 aromatic rings. The second-order valence-corrected chi connectivity index (χ2v) is 5.86. The van der Waals surface area contributed by atoms with Gasteiger partial charge in [0.15, 0.2) is 0 Å². The van der Waals surface area contributed by atoms with Crippen LogP contribution in [0, 0.1) is 0 Å². The zero-order valence-electron chi connectivity index (χ0n) is 12.0. The van der Waals surface area contributed by atoms with Gasteiger partial charge in [0.25, 0.3) is 0 Å². The van der Waals surface area contributed by atoms with E-state index in [9.17, 15) is 4.79 Å². The normalized spacial score (nSPS) is 22.9. The first-order chi connectivity index (χ1) is 9.51. The third-order valence-corrected chi connectivity index (χ3v) is 4.33. The lowest BCUT2D eigenvalue weighted by Gasteiger charge is -2.26. The molecule has 1 fully saturated rings. The number of hydrogen-bond donors (Lipinski definition) is 2. The molecule has 2 atom stereocenters. The number of nitrogens with one attached hydrogen (secondary N) is 1. The molecule has 0 aliphatic carbocycles. The molecule has 2 rings (SSSR count). The maximum atomic E-state index is 12.2. The first-order valence-corrected chi connectivity index (χ1v) is 7.49. The maximum Gasteiger partial charge on any atom is 0.238 e. The molecule has 1 aliphatic rings. The van der Waals surface area contributed by atoms with E-state index in [-0.39, 0.29) is 5.91 Å². The fourth-order valence-electron chi connectivity index (χ4n) is 2.84. The molecule has 0 spiro atoms. The van der Waals surface area contributed by atoms with Crippen molar-refractivity contribution < 1.29 is 4.79 Å². The van der Waals surface area contributed by atoms with Gasteiger partial charge in [-0.2, -0.15) is 0 Å². The Morgan fingerprint density at radius 2 is 2.25 bits per heavy atom. The molecule has 1 aromatic carbocycles. The monoisotopic (exact) mass is 295 g/mol. The summed E-state index contributed by atoms with van der Waals surface area (Å²) >= 11 is 6.07. The average molecular weight is 296 g/mol. The minimum Gasteiger partial charge on any atom is -0.399 e. The van der Waals surface area contributed by atoms with Crippen molar-refractivity contribution >= 4 is 28.9 Å². The standard InChI is InChI=1S/C15H22ClN3O/c1-3-12-6-4-10(2)19(12)9-15(20)18-14-7-5-11(17)8-13(14)16/h5,7-8,10,12H,3-4,6,9,17H2,1-2H3,(H,18,20). The summed E-state index contributed by atoms with van der Waals surface area (Å²) in [5.74, 6) is -0.0242. The number of hydrogen-bond acceptors (Lipinski definition) is 3. The smallest absolute Gasteiger partial charge is 0.238 e. The maximum absolute atomic E-state index is 12.2. The predicted octanol–water partition coefficient (Wildman–Crippen LogP) is 3.12. The predicted molar refractivity (Wildman–Crippen MR) is 84.0 cm³/mol. The molecule has 3 N–H and O–H groups in total. The van der Waals surface area contributed by atoms with Gasteiger partial charge in [0.05, 0.1) is 17.3 Å². The average Bonchev–Trinajstić information content (AvgIpc) is 2.74. The number of rotatable bonds is 4. The summed E-state index contributed by atoms with van der Waals surface area (Å²) in [6, 6.07) is 6.09. The molecule has 0 radical (unpaired) electrons. The Hall–Kier alpha value is -1.26. The molecule has 110 valence electrons. The van der Waals surface area contributed by atoms with E-state index in [2.05, 4.69) is 24.1 Å². The Balaban J connectivity index is 1.98. The van der Waals surface area contributed by atoms with Crippen molar-refractivity contribution in [3.05, 3.63) is 23.2 Å². The highest BCUT2D eigenvalue weighted by molar-refractivity contribution is 6.34. The van der Waals surface area contributed by atoms with Crippen LogP contribution in [-0.4, -0.2) is 29.4 Å². The quantitative estimate of drug-likeness (QED) is 0.839. The van der Waals surface area contributed by atoms with Crippen molar-refractivity contribution in [2.45, 2.75) is 45.2 Å². The van der Waals surface area contributed by atoms with Crippen LogP contribution < -0.4 is 11.1 Å². The van der Waals surface area contributed by atoms with E-state index in [0.29, 0.717) is 35.0 Å². The van der Waals surface area contributed by atoms with Crippen molar-refractivity contribution in [3.63, 3.8) is 0 Å². The summed E-state index contributed by atoms with van der Waals surface area (Å²) in [4.78, 5) is 14.4.